The standard InChI is InChI=1S/C9H10BrNO2/c10-7-3-1-2-6(4-7)8(5-11)9(12)13/h1-4,8H,5,11H2,(H,12,13). The molecule has 0 aliphatic rings. The van der Waals surface area contributed by atoms with Crippen molar-refractivity contribution in [1.82, 2.24) is 0 Å². The smallest absolute Gasteiger partial charge is 0.312 e. The van der Waals surface area contributed by atoms with Gasteiger partial charge in [0, 0.05) is 11.0 Å². The summed E-state index contributed by atoms with van der Waals surface area (Å²) in [6, 6.07) is 7.17. The van der Waals surface area contributed by atoms with E-state index < -0.39 is 11.9 Å². The van der Waals surface area contributed by atoms with Crippen LogP contribution in [0, 0.1) is 0 Å². The molecule has 0 bridgehead atoms. The number of hydrogen-bond acceptors (Lipinski definition) is 2. The van der Waals surface area contributed by atoms with Gasteiger partial charge in [-0.2, -0.15) is 0 Å². The van der Waals surface area contributed by atoms with Gasteiger partial charge in [0.2, 0.25) is 0 Å². The Labute approximate surface area is 84.7 Å². The number of carboxylic acid groups (broad SMARTS) is 1. The van der Waals surface area contributed by atoms with Gasteiger partial charge in [-0.1, -0.05) is 28.1 Å². The summed E-state index contributed by atoms with van der Waals surface area (Å²) >= 11 is 3.27. The second-order valence-electron chi connectivity index (χ2n) is 2.68. The Morgan fingerprint density at radius 3 is 2.77 bits per heavy atom. The summed E-state index contributed by atoms with van der Waals surface area (Å²) in [5.41, 5.74) is 6.09. The van der Waals surface area contributed by atoms with E-state index >= 15 is 0 Å². The molecule has 1 unspecified atom stereocenters. The number of halogens is 1. The normalized spacial score (nSPS) is 12.5. The fourth-order valence-corrected chi connectivity index (χ4v) is 1.52. The quantitative estimate of drug-likeness (QED) is 0.848. The predicted molar refractivity (Wildman–Crippen MR) is 53.6 cm³/mol. The summed E-state index contributed by atoms with van der Waals surface area (Å²) in [4.78, 5) is 10.7. The number of benzene rings is 1. The summed E-state index contributed by atoms with van der Waals surface area (Å²) in [5, 5.41) is 8.82. The number of carbonyl (C=O) groups is 1. The van der Waals surface area contributed by atoms with Gasteiger partial charge in [-0.05, 0) is 17.7 Å². The van der Waals surface area contributed by atoms with Crippen molar-refractivity contribution in [3.8, 4) is 0 Å². The maximum atomic E-state index is 10.7. The van der Waals surface area contributed by atoms with E-state index in [-0.39, 0.29) is 6.54 Å². The zero-order valence-electron chi connectivity index (χ0n) is 6.90. The summed E-state index contributed by atoms with van der Waals surface area (Å²) in [6.07, 6.45) is 0. The fraction of sp³-hybridized carbons (Fsp3) is 0.222. The molecule has 0 heterocycles. The van der Waals surface area contributed by atoms with Gasteiger partial charge >= 0.3 is 5.97 Å². The Morgan fingerprint density at radius 2 is 2.31 bits per heavy atom. The first-order chi connectivity index (χ1) is 6.15. The van der Waals surface area contributed by atoms with Crippen LogP contribution in [0.25, 0.3) is 0 Å². The van der Waals surface area contributed by atoms with Gasteiger partial charge in [0.1, 0.15) is 0 Å². The van der Waals surface area contributed by atoms with Crippen LogP contribution in [0.15, 0.2) is 28.7 Å². The summed E-state index contributed by atoms with van der Waals surface area (Å²) < 4.78 is 0.865. The number of hydrogen-bond donors (Lipinski definition) is 2. The lowest BCUT2D eigenvalue weighted by atomic mass is 10.00. The molecule has 0 aromatic heterocycles. The highest BCUT2D eigenvalue weighted by atomic mass is 79.9. The molecular weight excluding hydrogens is 234 g/mol. The first kappa shape index (κ1) is 10.2. The Bertz CT molecular complexity index is 314. The second-order valence-corrected chi connectivity index (χ2v) is 3.60. The molecule has 13 heavy (non-hydrogen) atoms. The summed E-state index contributed by atoms with van der Waals surface area (Å²) in [6.45, 7) is 0.117. The molecule has 0 aliphatic carbocycles. The first-order valence-corrected chi connectivity index (χ1v) is 4.62. The number of carboxylic acids is 1. The topological polar surface area (TPSA) is 63.3 Å². The van der Waals surface area contributed by atoms with Crippen molar-refractivity contribution in [1.29, 1.82) is 0 Å². The summed E-state index contributed by atoms with van der Waals surface area (Å²) in [7, 11) is 0. The zero-order valence-corrected chi connectivity index (χ0v) is 8.49. The first-order valence-electron chi connectivity index (χ1n) is 3.83. The van der Waals surface area contributed by atoms with Crippen LogP contribution >= 0.6 is 15.9 Å². The summed E-state index contributed by atoms with van der Waals surface area (Å²) in [5.74, 6) is -1.50. The third-order valence-electron chi connectivity index (χ3n) is 1.78. The number of nitrogens with two attached hydrogens (primary N) is 1. The van der Waals surface area contributed by atoms with Crippen molar-refractivity contribution in [3.63, 3.8) is 0 Å². The molecule has 0 saturated heterocycles. The SMILES string of the molecule is NCC(C(=O)O)c1cccc(Br)c1. The van der Waals surface area contributed by atoms with Gasteiger partial charge in [-0.25, -0.2) is 0 Å². The zero-order chi connectivity index (χ0) is 9.84. The molecule has 1 aromatic carbocycles. The van der Waals surface area contributed by atoms with E-state index in [9.17, 15) is 4.79 Å². The van der Waals surface area contributed by atoms with E-state index in [1.807, 2.05) is 6.07 Å². The van der Waals surface area contributed by atoms with Crippen LogP contribution in [-0.4, -0.2) is 17.6 Å². The third-order valence-corrected chi connectivity index (χ3v) is 2.28. The Morgan fingerprint density at radius 1 is 1.62 bits per heavy atom. The number of rotatable bonds is 3. The Kier molecular flexibility index (Phi) is 3.45. The molecule has 0 amide bonds. The fourth-order valence-electron chi connectivity index (χ4n) is 1.10. The van der Waals surface area contributed by atoms with Crippen molar-refractivity contribution >= 4 is 21.9 Å². The molecule has 0 radical (unpaired) electrons. The third kappa shape index (κ3) is 2.54. The van der Waals surface area contributed by atoms with Crippen molar-refractivity contribution in [2.24, 2.45) is 5.73 Å². The van der Waals surface area contributed by atoms with E-state index in [1.165, 1.54) is 0 Å². The van der Waals surface area contributed by atoms with Gasteiger partial charge in [0.05, 0.1) is 5.92 Å². The van der Waals surface area contributed by atoms with Gasteiger partial charge in [-0.3, -0.25) is 4.79 Å². The van der Waals surface area contributed by atoms with Gasteiger partial charge in [0.15, 0.2) is 0 Å². The van der Waals surface area contributed by atoms with E-state index in [0.29, 0.717) is 0 Å². The van der Waals surface area contributed by atoms with Gasteiger partial charge in [-0.15, -0.1) is 0 Å². The van der Waals surface area contributed by atoms with Crippen LogP contribution in [0.1, 0.15) is 11.5 Å². The molecule has 4 heteroatoms. The molecule has 1 aromatic rings. The minimum Gasteiger partial charge on any atom is -0.481 e. The largest absolute Gasteiger partial charge is 0.481 e. The minimum atomic E-state index is -0.888. The lowest BCUT2D eigenvalue weighted by Crippen LogP contribution is -2.20. The highest BCUT2D eigenvalue weighted by Crippen LogP contribution is 2.19. The van der Waals surface area contributed by atoms with Crippen molar-refractivity contribution in [2.45, 2.75) is 5.92 Å². The molecule has 0 fully saturated rings. The van der Waals surface area contributed by atoms with Gasteiger partial charge in [0.25, 0.3) is 0 Å². The monoisotopic (exact) mass is 243 g/mol. The van der Waals surface area contributed by atoms with Crippen LogP contribution in [-0.2, 0) is 4.79 Å². The van der Waals surface area contributed by atoms with Crippen LogP contribution < -0.4 is 5.73 Å². The molecule has 0 aliphatic heterocycles. The predicted octanol–water partition coefficient (Wildman–Crippen LogP) is 1.58. The Balaban J connectivity index is 2.98. The molecule has 0 saturated carbocycles. The van der Waals surface area contributed by atoms with Gasteiger partial charge < -0.3 is 10.8 Å². The van der Waals surface area contributed by atoms with E-state index in [1.54, 1.807) is 18.2 Å². The van der Waals surface area contributed by atoms with E-state index in [2.05, 4.69) is 15.9 Å². The lowest BCUT2D eigenvalue weighted by molar-refractivity contribution is -0.138. The molecule has 3 N–H and O–H groups in total. The molecule has 3 nitrogen and oxygen atoms in total. The maximum Gasteiger partial charge on any atom is 0.312 e. The lowest BCUT2D eigenvalue weighted by Gasteiger charge is -2.09. The van der Waals surface area contributed by atoms with E-state index in [0.717, 1.165) is 10.0 Å². The number of aliphatic carboxylic acids is 1. The van der Waals surface area contributed by atoms with Crippen LogP contribution in [0.5, 0.6) is 0 Å². The van der Waals surface area contributed by atoms with Crippen LogP contribution in [0.4, 0.5) is 0 Å². The van der Waals surface area contributed by atoms with E-state index in [4.69, 9.17) is 10.8 Å². The average molecular weight is 244 g/mol. The minimum absolute atomic E-state index is 0.117. The highest BCUT2D eigenvalue weighted by Gasteiger charge is 2.17. The van der Waals surface area contributed by atoms with Crippen LogP contribution in [0.3, 0.4) is 0 Å². The maximum absolute atomic E-state index is 10.7. The molecular formula is C9H10BrNO2. The molecule has 1 atom stereocenters. The van der Waals surface area contributed by atoms with Crippen molar-refractivity contribution in [3.05, 3.63) is 34.3 Å². The highest BCUT2D eigenvalue weighted by molar-refractivity contribution is 9.10. The molecule has 0 spiro atoms. The molecule has 1 rings (SSSR count). The average Bonchev–Trinajstić information content (AvgIpc) is 2.04. The Hall–Kier alpha value is -0.870. The van der Waals surface area contributed by atoms with Crippen LogP contribution in [0.2, 0.25) is 0 Å². The molecule has 70 valence electrons. The van der Waals surface area contributed by atoms with Crippen molar-refractivity contribution in [2.75, 3.05) is 6.54 Å². The second kappa shape index (κ2) is 4.39. The van der Waals surface area contributed by atoms with Crippen molar-refractivity contribution < 1.29 is 9.90 Å².